The van der Waals surface area contributed by atoms with Gasteiger partial charge in [0.2, 0.25) is 5.91 Å². The number of anilines is 1. The second-order valence-electron chi connectivity index (χ2n) is 4.28. The lowest BCUT2D eigenvalue weighted by molar-refractivity contribution is -0.384. The van der Waals surface area contributed by atoms with Crippen molar-refractivity contribution in [2.24, 2.45) is 0 Å². The van der Waals surface area contributed by atoms with Crippen molar-refractivity contribution in [3.05, 3.63) is 28.3 Å². The van der Waals surface area contributed by atoms with Crippen molar-refractivity contribution in [2.45, 2.75) is 18.9 Å². The van der Waals surface area contributed by atoms with Crippen molar-refractivity contribution in [1.29, 1.82) is 0 Å². The molecule has 0 radical (unpaired) electrons. The average molecular weight is 265 g/mol. The Morgan fingerprint density at radius 3 is 2.95 bits per heavy atom. The lowest BCUT2D eigenvalue weighted by Gasteiger charge is -2.13. The normalized spacial score (nSPS) is 18.1. The van der Waals surface area contributed by atoms with Crippen molar-refractivity contribution >= 4 is 17.3 Å². The van der Waals surface area contributed by atoms with E-state index in [0.717, 1.165) is 19.4 Å². The number of nitro groups is 1. The van der Waals surface area contributed by atoms with E-state index in [2.05, 4.69) is 10.6 Å². The van der Waals surface area contributed by atoms with Crippen LogP contribution in [0, 0.1) is 10.1 Å². The molecule has 102 valence electrons. The number of benzene rings is 1. The van der Waals surface area contributed by atoms with Gasteiger partial charge in [-0.1, -0.05) is 0 Å². The number of hydrogen-bond acceptors (Lipinski definition) is 5. The molecule has 1 saturated heterocycles. The van der Waals surface area contributed by atoms with Crippen molar-refractivity contribution in [3.8, 4) is 5.75 Å². The summed E-state index contributed by atoms with van der Waals surface area (Å²) >= 11 is 0. The van der Waals surface area contributed by atoms with Gasteiger partial charge in [0.15, 0.2) is 0 Å². The van der Waals surface area contributed by atoms with Gasteiger partial charge in [0.05, 0.1) is 23.8 Å². The van der Waals surface area contributed by atoms with Crippen LogP contribution in [0.3, 0.4) is 0 Å². The Balaban J connectivity index is 2.19. The standard InChI is InChI=1S/C12H15N3O4/c1-19-11-5-4-8(15(17)18)7-10(11)14-12(16)9-3-2-6-13-9/h4-5,7,9,13H,2-3,6H2,1H3,(H,14,16)/t9-/m1/s1. The number of rotatable bonds is 4. The summed E-state index contributed by atoms with van der Waals surface area (Å²) in [5, 5.41) is 16.5. The fourth-order valence-electron chi connectivity index (χ4n) is 2.04. The summed E-state index contributed by atoms with van der Waals surface area (Å²) in [7, 11) is 1.45. The summed E-state index contributed by atoms with van der Waals surface area (Å²) in [5.41, 5.74) is 0.228. The maximum absolute atomic E-state index is 12.0. The zero-order chi connectivity index (χ0) is 13.8. The minimum absolute atomic E-state index is 0.0875. The smallest absolute Gasteiger partial charge is 0.271 e. The molecule has 2 N–H and O–H groups in total. The topological polar surface area (TPSA) is 93.5 Å². The molecule has 7 heteroatoms. The van der Waals surface area contributed by atoms with Gasteiger partial charge in [0, 0.05) is 12.1 Å². The minimum Gasteiger partial charge on any atom is -0.495 e. The molecule has 0 bridgehead atoms. The predicted molar refractivity (Wildman–Crippen MR) is 69.3 cm³/mol. The third kappa shape index (κ3) is 3.00. The van der Waals surface area contributed by atoms with Crippen LogP contribution < -0.4 is 15.4 Å². The van der Waals surface area contributed by atoms with Crippen molar-refractivity contribution in [2.75, 3.05) is 19.0 Å². The molecule has 0 unspecified atom stereocenters. The van der Waals surface area contributed by atoms with Gasteiger partial charge < -0.3 is 15.4 Å². The number of nitrogens with zero attached hydrogens (tertiary/aromatic N) is 1. The molecule has 1 aliphatic heterocycles. The van der Waals surface area contributed by atoms with Crippen LogP contribution in [0.25, 0.3) is 0 Å². The van der Waals surface area contributed by atoms with Crippen LogP contribution in [0.2, 0.25) is 0 Å². The summed E-state index contributed by atoms with van der Waals surface area (Å²) in [6.45, 7) is 0.810. The quantitative estimate of drug-likeness (QED) is 0.632. The summed E-state index contributed by atoms with van der Waals surface area (Å²) < 4.78 is 5.09. The van der Waals surface area contributed by atoms with Crippen LogP contribution >= 0.6 is 0 Å². The lowest BCUT2D eigenvalue weighted by Crippen LogP contribution is -2.35. The number of nitro benzene ring substituents is 1. The highest BCUT2D eigenvalue weighted by molar-refractivity contribution is 5.96. The van der Waals surface area contributed by atoms with E-state index in [1.54, 1.807) is 0 Å². The molecule has 1 amide bonds. The van der Waals surface area contributed by atoms with Crippen LogP contribution in [0.4, 0.5) is 11.4 Å². The Morgan fingerprint density at radius 2 is 2.37 bits per heavy atom. The van der Waals surface area contributed by atoms with E-state index in [0.29, 0.717) is 11.4 Å². The second-order valence-corrected chi connectivity index (χ2v) is 4.28. The molecular weight excluding hydrogens is 250 g/mol. The molecule has 0 saturated carbocycles. The van der Waals surface area contributed by atoms with E-state index in [4.69, 9.17) is 4.74 Å². The first-order chi connectivity index (χ1) is 9.11. The average Bonchev–Trinajstić information content (AvgIpc) is 2.92. The van der Waals surface area contributed by atoms with E-state index in [1.165, 1.54) is 25.3 Å². The number of non-ortho nitro benzene ring substituents is 1. The molecule has 1 atom stereocenters. The minimum atomic E-state index is -0.511. The highest BCUT2D eigenvalue weighted by atomic mass is 16.6. The molecule has 1 aromatic carbocycles. The summed E-state index contributed by atoms with van der Waals surface area (Å²) in [6.07, 6.45) is 1.72. The molecule has 1 aromatic rings. The number of methoxy groups -OCH3 is 1. The Labute approximate surface area is 110 Å². The van der Waals surface area contributed by atoms with Gasteiger partial charge in [-0.3, -0.25) is 14.9 Å². The van der Waals surface area contributed by atoms with Gasteiger partial charge in [-0.2, -0.15) is 0 Å². The fraction of sp³-hybridized carbons (Fsp3) is 0.417. The Hall–Kier alpha value is -2.15. The largest absolute Gasteiger partial charge is 0.495 e. The number of carbonyl (C=O) groups is 1. The van der Waals surface area contributed by atoms with E-state index in [9.17, 15) is 14.9 Å². The van der Waals surface area contributed by atoms with E-state index in [-0.39, 0.29) is 17.6 Å². The number of ether oxygens (including phenoxy) is 1. The molecule has 7 nitrogen and oxygen atoms in total. The highest BCUT2D eigenvalue weighted by Gasteiger charge is 2.23. The van der Waals surface area contributed by atoms with Crippen LogP contribution in [-0.2, 0) is 4.79 Å². The molecule has 0 spiro atoms. The molecule has 0 aliphatic carbocycles. The molecule has 2 rings (SSSR count). The maximum Gasteiger partial charge on any atom is 0.271 e. The Kier molecular flexibility index (Phi) is 3.96. The molecular formula is C12H15N3O4. The lowest BCUT2D eigenvalue weighted by atomic mass is 10.2. The fourth-order valence-corrected chi connectivity index (χ4v) is 2.04. The molecule has 1 heterocycles. The summed E-state index contributed by atoms with van der Waals surface area (Å²) in [6, 6.07) is 3.85. The van der Waals surface area contributed by atoms with E-state index < -0.39 is 4.92 Å². The van der Waals surface area contributed by atoms with E-state index >= 15 is 0 Å². The van der Waals surface area contributed by atoms with Gasteiger partial charge in [-0.05, 0) is 25.5 Å². The van der Waals surface area contributed by atoms with Crippen LogP contribution in [-0.4, -0.2) is 30.5 Å². The summed E-state index contributed by atoms with van der Waals surface area (Å²) in [4.78, 5) is 22.2. The van der Waals surface area contributed by atoms with Gasteiger partial charge in [-0.25, -0.2) is 0 Å². The summed E-state index contributed by atoms with van der Waals surface area (Å²) in [5.74, 6) is 0.202. The predicted octanol–water partition coefficient (Wildman–Crippen LogP) is 1.29. The molecule has 19 heavy (non-hydrogen) atoms. The van der Waals surface area contributed by atoms with E-state index in [1.807, 2.05) is 0 Å². The zero-order valence-corrected chi connectivity index (χ0v) is 10.5. The monoisotopic (exact) mass is 265 g/mol. The first kappa shape index (κ1) is 13.3. The molecule has 1 fully saturated rings. The third-order valence-corrected chi connectivity index (χ3v) is 3.03. The first-order valence-electron chi connectivity index (χ1n) is 5.98. The maximum atomic E-state index is 12.0. The van der Waals surface area contributed by atoms with Crippen molar-refractivity contribution < 1.29 is 14.5 Å². The number of amides is 1. The van der Waals surface area contributed by atoms with Crippen LogP contribution in [0.5, 0.6) is 5.75 Å². The van der Waals surface area contributed by atoms with Crippen molar-refractivity contribution in [3.63, 3.8) is 0 Å². The van der Waals surface area contributed by atoms with Gasteiger partial charge in [-0.15, -0.1) is 0 Å². The molecule has 0 aromatic heterocycles. The van der Waals surface area contributed by atoms with Crippen LogP contribution in [0.15, 0.2) is 18.2 Å². The molecule has 1 aliphatic rings. The van der Waals surface area contributed by atoms with Crippen LogP contribution in [0.1, 0.15) is 12.8 Å². The third-order valence-electron chi connectivity index (χ3n) is 3.03. The second kappa shape index (κ2) is 5.66. The number of nitrogens with one attached hydrogen (secondary N) is 2. The zero-order valence-electron chi connectivity index (χ0n) is 10.5. The van der Waals surface area contributed by atoms with Gasteiger partial charge >= 0.3 is 0 Å². The Morgan fingerprint density at radius 1 is 1.58 bits per heavy atom. The SMILES string of the molecule is COc1ccc([N+](=O)[O-])cc1NC(=O)[C@H]1CCCN1. The number of hydrogen-bond donors (Lipinski definition) is 2. The Bertz CT molecular complexity index is 498. The highest BCUT2D eigenvalue weighted by Crippen LogP contribution is 2.29. The number of carbonyl (C=O) groups excluding carboxylic acids is 1. The van der Waals surface area contributed by atoms with Gasteiger partial charge in [0.25, 0.3) is 5.69 Å². The first-order valence-corrected chi connectivity index (χ1v) is 5.98. The van der Waals surface area contributed by atoms with Crippen molar-refractivity contribution in [1.82, 2.24) is 5.32 Å². The van der Waals surface area contributed by atoms with Gasteiger partial charge in [0.1, 0.15) is 5.75 Å².